The van der Waals surface area contributed by atoms with E-state index in [-0.39, 0.29) is 5.25 Å². The van der Waals surface area contributed by atoms with E-state index in [0.29, 0.717) is 24.6 Å². The highest BCUT2D eigenvalue weighted by Gasteiger charge is 2.41. The lowest BCUT2D eigenvalue weighted by molar-refractivity contribution is 0.348. The molecule has 1 aromatic carbocycles. The standard InChI is InChI=1S/C14H19NO4S/c1-18-13-7-10-5-6-15(20(16,17)12-3-4-12)9-11(10)8-14(13)19-2/h7-8,12H,3-6,9H2,1-2H3. The second kappa shape index (κ2) is 4.93. The summed E-state index contributed by atoms with van der Waals surface area (Å²) < 4.78 is 36.8. The second-order valence-corrected chi connectivity index (χ2v) is 7.52. The lowest BCUT2D eigenvalue weighted by Gasteiger charge is -2.28. The molecular weight excluding hydrogens is 278 g/mol. The molecule has 20 heavy (non-hydrogen) atoms. The number of benzene rings is 1. The van der Waals surface area contributed by atoms with Crippen molar-refractivity contribution in [2.75, 3.05) is 20.8 Å². The van der Waals surface area contributed by atoms with E-state index in [1.807, 2.05) is 12.1 Å². The van der Waals surface area contributed by atoms with E-state index in [0.717, 1.165) is 30.4 Å². The highest BCUT2D eigenvalue weighted by molar-refractivity contribution is 7.90. The van der Waals surface area contributed by atoms with Gasteiger partial charge in [-0.2, -0.15) is 4.31 Å². The fraction of sp³-hybridized carbons (Fsp3) is 0.571. The molecule has 6 heteroatoms. The first kappa shape index (κ1) is 13.7. The van der Waals surface area contributed by atoms with Crippen LogP contribution in [0.5, 0.6) is 11.5 Å². The zero-order valence-corrected chi connectivity index (χ0v) is 12.6. The van der Waals surface area contributed by atoms with E-state index in [1.54, 1.807) is 18.5 Å². The zero-order chi connectivity index (χ0) is 14.3. The van der Waals surface area contributed by atoms with Gasteiger partial charge in [0.1, 0.15) is 0 Å². The summed E-state index contributed by atoms with van der Waals surface area (Å²) in [6.45, 7) is 0.996. The zero-order valence-electron chi connectivity index (χ0n) is 11.8. The quantitative estimate of drug-likeness (QED) is 0.846. The van der Waals surface area contributed by atoms with Crippen LogP contribution in [0, 0.1) is 0 Å². The highest BCUT2D eigenvalue weighted by atomic mass is 32.2. The minimum atomic E-state index is -3.11. The Kier molecular flexibility index (Phi) is 3.38. The molecule has 2 aliphatic rings. The predicted molar refractivity (Wildman–Crippen MR) is 75.6 cm³/mol. The summed E-state index contributed by atoms with van der Waals surface area (Å²) in [5.41, 5.74) is 2.16. The largest absolute Gasteiger partial charge is 0.493 e. The van der Waals surface area contributed by atoms with Gasteiger partial charge in [0.15, 0.2) is 11.5 Å². The van der Waals surface area contributed by atoms with Crippen molar-refractivity contribution in [2.45, 2.75) is 31.1 Å². The number of sulfonamides is 1. The number of rotatable bonds is 4. The lowest BCUT2D eigenvalue weighted by Crippen LogP contribution is -2.38. The van der Waals surface area contributed by atoms with E-state index in [2.05, 4.69) is 0 Å². The van der Waals surface area contributed by atoms with Crippen molar-refractivity contribution in [3.63, 3.8) is 0 Å². The third-order valence-electron chi connectivity index (χ3n) is 3.99. The van der Waals surface area contributed by atoms with Crippen molar-refractivity contribution in [2.24, 2.45) is 0 Å². The first-order valence-electron chi connectivity index (χ1n) is 6.79. The second-order valence-electron chi connectivity index (χ2n) is 5.30. The summed E-state index contributed by atoms with van der Waals surface area (Å²) in [7, 11) is 0.0916. The first-order valence-corrected chi connectivity index (χ1v) is 8.29. The Morgan fingerprint density at radius 1 is 1.10 bits per heavy atom. The molecule has 0 atom stereocenters. The summed E-state index contributed by atoms with van der Waals surface area (Å²) in [5.74, 6) is 1.35. The van der Waals surface area contributed by atoms with Gasteiger partial charge in [0.05, 0.1) is 19.5 Å². The number of fused-ring (bicyclic) bond motifs is 1. The van der Waals surface area contributed by atoms with Gasteiger partial charge in [0.25, 0.3) is 0 Å². The van der Waals surface area contributed by atoms with Crippen LogP contribution in [-0.2, 0) is 23.0 Å². The van der Waals surface area contributed by atoms with Gasteiger partial charge in [0, 0.05) is 13.1 Å². The molecule has 1 aliphatic carbocycles. The van der Waals surface area contributed by atoms with Gasteiger partial charge in [-0.25, -0.2) is 8.42 Å². The fourth-order valence-corrected chi connectivity index (χ4v) is 4.47. The summed E-state index contributed by atoms with van der Waals surface area (Å²) in [4.78, 5) is 0. The molecule has 0 N–H and O–H groups in total. The van der Waals surface area contributed by atoms with Crippen molar-refractivity contribution in [3.8, 4) is 11.5 Å². The van der Waals surface area contributed by atoms with Gasteiger partial charge < -0.3 is 9.47 Å². The van der Waals surface area contributed by atoms with Gasteiger partial charge in [-0.15, -0.1) is 0 Å². The van der Waals surface area contributed by atoms with Crippen molar-refractivity contribution >= 4 is 10.0 Å². The minimum Gasteiger partial charge on any atom is -0.493 e. The molecule has 1 fully saturated rings. The molecule has 1 aliphatic heterocycles. The molecule has 1 saturated carbocycles. The SMILES string of the molecule is COc1cc2c(cc1OC)CN(S(=O)(=O)C1CC1)CC2. The maximum Gasteiger partial charge on any atom is 0.217 e. The Hall–Kier alpha value is -1.27. The lowest BCUT2D eigenvalue weighted by atomic mass is 10.0. The molecule has 110 valence electrons. The van der Waals surface area contributed by atoms with Gasteiger partial charge in [-0.05, 0) is 42.5 Å². The summed E-state index contributed by atoms with van der Waals surface area (Å²) >= 11 is 0. The van der Waals surface area contributed by atoms with Crippen LogP contribution in [0.3, 0.4) is 0 Å². The maximum atomic E-state index is 12.3. The number of hydrogen-bond donors (Lipinski definition) is 0. The molecule has 3 rings (SSSR count). The molecule has 0 saturated heterocycles. The average molecular weight is 297 g/mol. The van der Waals surface area contributed by atoms with Crippen LogP contribution >= 0.6 is 0 Å². The molecule has 0 spiro atoms. The van der Waals surface area contributed by atoms with Gasteiger partial charge in [-0.1, -0.05) is 0 Å². The highest BCUT2D eigenvalue weighted by Crippen LogP contribution is 2.37. The first-order chi connectivity index (χ1) is 9.56. The van der Waals surface area contributed by atoms with Crippen LogP contribution in [0.15, 0.2) is 12.1 Å². The van der Waals surface area contributed by atoms with Crippen molar-refractivity contribution < 1.29 is 17.9 Å². The normalized spacial score (nSPS) is 19.5. The maximum absolute atomic E-state index is 12.3. The van der Waals surface area contributed by atoms with Crippen LogP contribution < -0.4 is 9.47 Å². The fourth-order valence-electron chi connectivity index (χ4n) is 2.65. The van der Waals surface area contributed by atoms with Crippen LogP contribution in [0.2, 0.25) is 0 Å². The molecule has 0 unspecified atom stereocenters. The Balaban J connectivity index is 1.91. The molecule has 0 radical (unpaired) electrons. The third-order valence-corrected chi connectivity index (χ3v) is 6.33. The van der Waals surface area contributed by atoms with E-state index >= 15 is 0 Å². The monoisotopic (exact) mass is 297 g/mol. The molecule has 1 heterocycles. The smallest absolute Gasteiger partial charge is 0.217 e. The van der Waals surface area contributed by atoms with E-state index in [1.165, 1.54) is 0 Å². The van der Waals surface area contributed by atoms with Gasteiger partial charge >= 0.3 is 0 Å². The minimum absolute atomic E-state index is 0.149. The van der Waals surface area contributed by atoms with Gasteiger partial charge in [-0.3, -0.25) is 0 Å². The molecule has 0 aromatic heterocycles. The van der Waals surface area contributed by atoms with Crippen LogP contribution in [0.1, 0.15) is 24.0 Å². The van der Waals surface area contributed by atoms with Crippen LogP contribution in [0.25, 0.3) is 0 Å². The predicted octanol–water partition coefficient (Wildman–Crippen LogP) is 1.55. The van der Waals surface area contributed by atoms with E-state index in [9.17, 15) is 8.42 Å². The number of nitrogens with zero attached hydrogens (tertiary/aromatic N) is 1. The Morgan fingerprint density at radius 2 is 1.70 bits per heavy atom. The van der Waals surface area contributed by atoms with E-state index in [4.69, 9.17) is 9.47 Å². The summed E-state index contributed by atoms with van der Waals surface area (Å²) in [5, 5.41) is -0.149. The third kappa shape index (κ3) is 2.27. The topological polar surface area (TPSA) is 55.8 Å². The number of methoxy groups -OCH3 is 2. The van der Waals surface area contributed by atoms with Crippen molar-refractivity contribution in [1.29, 1.82) is 0 Å². The molecule has 0 amide bonds. The van der Waals surface area contributed by atoms with Crippen LogP contribution in [-0.4, -0.2) is 38.7 Å². The summed E-state index contributed by atoms with van der Waals surface area (Å²) in [6, 6.07) is 3.85. The Bertz CT molecular complexity index is 622. The summed E-state index contributed by atoms with van der Waals surface area (Å²) in [6.07, 6.45) is 2.33. The van der Waals surface area contributed by atoms with Crippen molar-refractivity contribution in [3.05, 3.63) is 23.3 Å². The van der Waals surface area contributed by atoms with Crippen LogP contribution in [0.4, 0.5) is 0 Å². The molecule has 5 nitrogen and oxygen atoms in total. The van der Waals surface area contributed by atoms with Crippen molar-refractivity contribution in [1.82, 2.24) is 4.31 Å². The molecule has 1 aromatic rings. The number of hydrogen-bond acceptors (Lipinski definition) is 4. The Morgan fingerprint density at radius 3 is 2.25 bits per heavy atom. The molecule has 0 bridgehead atoms. The van der Waals surface area contributed by atoms with E-state index < -0.39 is 10.0 Å². The Labute approximate surface area is 119 Å². The molecular formula is C14H19NO4S. The average Bonchev–Trinajstić information content (AvgIpc) is 3.30. The number of ether oxygens (including phenoxy) is 2. The van der Waals surface area contributed by atoms with Gasteiger partial charge in [0.2, 0.25) is 10.0 Å².